The molecule has 3 N–H and O–H groups in total. The summed E-state index contributed by atoms with van der Waals surface area (Å²) in [7, 11) is 0. The molecule has 0 saturated carbocycles. The molecule has 0 fully saturated rings. The molecule has 19 heavy (non-hydrogen) atoms. The topological polar surface area (TPSA) is 94.8 Å². The quantitative estimate of drug-likeness (QED) is 0.751. The normalized spacial score (nSPS) is 10.1. The molecule has 0 aliphatic carbocycles. The Morgan fingerprint density at radius 2 is 1.84 bits per heavy atom. The van der Waals surface area contributed by atoms with E-state index in [1.165, 1.54) is 0 Å². The molecule has 98 valence electrons. The molecule has 0 aliphatic rings. The Balaban J connectivity index is 1.94. The molecule has 0 spiro atoms. The van der Waals surface area contributed by atoms with Crippen LogP contribution in [0.2, 0.25) is 0 Å². The van der Waals surface area contributed by atoms with E-state index in [1.807, 2.05) is 35.3 Å². The lowest BCUT2D eigenvalue weighted by Gasteiger charge is -2.04. The molecule has 1 heterocycles. The molecule has 0 bridgehead atoms. The number of carbonyl (C=O) groups is 1. The maximum Gasteiger partial charge on any atom is 0.327 e. The number of carbonyl (C=O) groups excluding carboxylic acids is 1. The van der Waals surface area contributed by atoms with Crippen molar-refractivity contribution in [1.29, 1.82) is 0 Å². The minimum atomic E-state index is -0.647. The molecule has 2 aromatic rings. The van der Waals surface area contributed by atoms with Gasteiger partial charge in [-0.3, -0.25) is 19.6 Å². The summed E-state index contributed by atoms with van der Waals surface area (Å²) < 4.78 is 0. The summed E-state index contributed by atoms with van der Waals surface area (Å²) in [5.41, 5.74) is -0.148. The van der Waals surface area contributed by atoms with Gasteiger partial charge in [0, 0.05) is 12.5 Å². The zero-order chi connectivity index (χ0) is 13.7. The molecule has 1 amide bonds. The van der Waals surface area contributed by atoms with Gasteiger partial charge in [-0.1, -0.05) is 30.3 Å². The van der Waals surface area contributed by atoms with Gasteiger partial charge in [-0.05, 0) is 12.0 Å². The van der Waals surface area contributed by atoms with E-state index in [0.717, 1.165) is 11.6 Å². The van der Waals surface area contributed by atoms with Gasteiger partial charge in [-0.2, -0.15) is 0 Å². The Hall–Kier alpha value is -2.63. The fourth-order valence-electron chi connectivity index (χ4n) is 1.65. The van der Waals surface area contributed by atoms with Crippen molar-refractivity contribution in [3.63, 3.8) is 0 Å². The third kappa shape index (κ3) is 3.95. The fourth-order valence-corrected chi connectivity index (χ4v) is 1.65. The second-order valence-electron chi connectivity index (χ2n) is 4.04. The molecular weight excluding hydrogens is 246 g/mol. The van der Waals surface area contributed by atoms with Gasteiger partial charge >= 0.3 is 5.69 Å². The lowest BCUT2D eigenvalue weighted by molar-refractivity contribution is -0.116. The van der Waals surface area contributed by atoms with Crippen molar-refractivity contribution in [1.82, 2.24) is 9.97 Å². The number of anilines is 1. The van der Waals surface area contributed by atoms with Crippen molar-refractivity contribution in [2.75, 3.05) is 5.32 Å². The molecule has 6 heteroatoms. The molecular formula is C13H13N3O3. The molecule has 2 rings (SSSR count). The molecule has 0 radical (unpaired) electrons. The molecule has 0 unspecified atom stereocenters. The lowest BCUT2D eigenvalue weighted by Crippen LogP contribution is -2.24. The van der Waals surface area contributed by atoms with E-state index in [1.54, 1.807) is 0 Å². The Morgan fingerprint density at radius 1 is 1.11 bits per heavy atom. The summed E-state index contributed by atoms with van der Waals surface area (Å²) >= 11 is 0. The SMILES string of the molecule is O=C(CCc1ccccc1)Nc1cc(=O)[nH]c(=O)[nH]1. The number of nitrogens with one attached hydrogen (secondary N) is 3. The smallest absolute Gasteiger partial charge is 0.312 e. The van der Waals surface area contributed by atoms with Crippen molar-refractivity contribution in [3.05, 3.63) is 62.8 Å². The first-order valence-corrected chi connectivity index (χ1v) is 5.81. The molecule has 1 aromatic carbocycles. The number of aryl methyl sites for hydroxylation is 1. The van der Waals surface area contributed by atoms with E-state index in [9.17, 15) is 14.4 Å². The molecule has 1 aromatic heterocycles. The third-order valence-electron chi connectivity index (χ3n) is 2.52. The third-order valence-corrected chi connectivity index (χ3v) is 2.52. The summed E-state index contributed by atoms with van der Waals surface area (Å²) in [4.78, 5) is 38.1. The summed E-state index contributed by atoms with van der Waals surface area (Å²) in [6.07, 6.45) is 0.874. The Kier molecular flexibility index (Phi) is 3.92. The summed E-state index contributed by atoms with van der Waals surface area (Å²) in [5.74, 6) is -0.156. The number of aromatic amines is 2. The van der Waals surface area contributed by atoms with Crippen molar-refractivity contribution in [2.24, 2.45) is 0 Å². The molecule has 0 saturated heterocycles. The van der Waals surface area contributed by atoms with E-state index < -0.39 is 11.2 Å². The largest absolute Gasteiger partial charge is 0.327 e. The summed E-state index contributed by atoms with van der Waals surface area (Å²) in [5, 5.41) is 2.48. The molecule has 0 atom stereocenters. The summed E-state index contributed by atoms with van der Waals surface area (Å²) in [6.45, 7) is 0. The predicted octanol–water partition coefficient (Wildman–Crippen LogP) is 0.635. The van der Waals surface area contributed by atoms with Crippen LogP contribution in [0.15, 0.2) is 46.0 Å². The van der Waals surface area contributed by atoms with Crippen LogP contribution in [0.25, 0.3) is 0 Å². The zero-order valence-corrected chi connectivity index (χ0v) is 10.1. The van der Waals surface area contributed by atoms with E-state index in [0.29, 0.717) is 6.42 Å². The number of H-pyrrole nitrogens is 2. The van der Waals surface area contributed by atoms with Gasteiger partial charge in [0.1, 0.15) is 5.82 Å². The van der Waals surface area contributed by atoms with E-state index >= 15 is 0 Å². The van der Waals surface area contributed by atoms with E-state index in [4.69, 9.17) is 0 Å². The lowest BCUT2D eigenvalue weighted by atomic mass is 10.1. The average Bonchev–Trinajstić information content (AvgIpc) is 2.36. The van der Waals surface area contributed by atoms with Crippen molar-refractivity contribution in [3.8, 4) is 0 Å². The highest BCUT2D eigenvalue weighted by atomic mass is 16.2. The highest BCUT2D eigenvalue weighted by Crippen LogP contribution is 2.03. The standard InChI is InChI=1S/C13H13N3O3/c17-11(7-6-9-4-2-1-3-5-9)14-10-8-12(18)16-13(19)15-10/h1-5,8H,6-7H2,(H3,14,15,16,17,18,19). The van der Waals surface area contributed by atoms with Crippen molar-refractivity contribution >= 4 is 11.7 Å². The monoisotopic (exact) mass is 259 g/mol. The van der Waals surface area contributed by atoms with Gasteiger partial charge in [0.2, 0.25) is 5.91 Å². The highest BCUT2D eigenvalue weighted by molar-refractivity contribution is 5.89. The number of hydrogen-bond donors (Lipinski definition) is 3. The number of amides is 1. The van der Waals surface area contributed by atoms with E-state index in [2.05, 4.69) is 10.3 Å². The van der Waals surface area contributed by atoms with Crippen LogP contribution in [-0.2, 0) is 11.2 Å². The Bertz CT molecular complexity index is 645. The first-order chi connectivity index (χ1) is 9.13. The molecule has 6 nitrogen and oxygen atoms in total. The van der Waals surface area contributed by atoms with Gasteiger partial charge in [0.15, 0.2) is 0 Å². The van der Waals surface area contributed by atoms with Crippen LogP contribution in [0.3, 0.4) is 0 Å². The van der Waals surface area contributed by atoms with Gasteiger partial charge in [0.25, 0.3) is 5.56 Å². The number of aromatic nitrogens is 2. The average molecular weight is 259 g/mol. The second-order valence-corrected chi connectivity index (χ2v) is 4.04. The zero-order valence-electron chi connectivity index (χ0n) is 10.1. The van der Waals surface area contributed by atoms with Gasteiger partial charge < -0.3 is 5.32 Å². The first-order valence-electron chi connectivity index (χ1n) is 5.81. The minimum absolute atomic E-state index is 0.104. The fraction of sp³-hybridized carbons (Fsp3) is 0.154. The first kappa shape index (κ1) is 12.8. The minimum Gasteiger partial charge on any atom is -0.312 e. The Labute approximate surface area is 108 Å². The van der Waals surface area contributed by atoms with Gasteiger partial charge in [0.05, 0.1) is 0 Å². The van der Waals surface area contributed by atoms with Crippen LogP contribution in [-0.4, -0.2) is 15.9 Å². The number of hydrogen-bond acceptors (Lipinski definition) is 3. The maximum atomic E-state index is 11.7. The predicted molar refractivity (Wildman–Crippen MR) is 71.1 cm³/mol. The Morgan fingerprint density at radius 3 is 2.53 bits per heavy atom. The summed E-state index contributed by atoms with van der Waals surface area (Å²) in [6, 6.07) is 10.7. The van der Waals surface area contributed by atoms with Gasteiger partial charge in [-0.25, -0.2) is 4.79 Å². The van der Waals surface area contributed by atoms with Crippen LogP contribution < -0.4 is 16.6 Å². The maximum absolute atomic E-state index is 11.7. The van der Waals surface area contributed by atoms with Crippen LogP contribution in [0.1, 0.15) is 12.0 Å². The van der Waals surface area contributed by atoms with Crippen LogP contribution in [0.4, 0.5) is 5.82 Å². The highest BCUT2D eigenvalue weighted by Gasteiger charge is 2.04. The van der Waals surface area contributed by atoms with Crippen molar-refractivity contribution in [2.45, 2.75) is 12.8 Å². The van der Waals surface area contributed by atoms with Gasteiger partial charge in [-0.15, -0.1) is 0 Å². The number of benzene rings is 1. The molecule has 0 aliphatic heterocycles. The second kappa shape index (κ2) is 5.81. The van der Waals surface area contributed by atoms with E-state index in [-0.39, 0.29) is 18.1 Å². The van der Waals surface area contributed by atoms with Crippen LogP contribution in [0, 0.1) is 0 Å². The van der Waals surface area contributed by atoms with Crippen LogP contribution >= 0.6 is 0 Å². The van der Waals surface area contributed by atoms with Crippen LogP contribution in [0.5, 0.6) is 0 Å². The van der Waals surface area contributed by atoms with Crippen molar-refractivity contribution < 1.29 is 4.79 Å². The number of rotatable bonds is 4.